The molecular formula is C16H14N2O3. The van der Waals surface area contributed by atoms with Crippen LogP contribution in [0.5, 0.6) is 0 Å². The van der Waals surface area contributed by atoms with Gasteiger partial charge in [0.2, 0.25) is 0 Å². The molecule has 0 spiro atoms. The van der Waals surface area contributed by atoms with Crippen molar-refractivity contribution in [2.75, 3.05) is 0 Å². The third-order valence-electron chi connectivity index (χ3n) is 3.61. The van der Waals surface area contributed by atoms with Gasteiger partial charge in [0.25, 0.3) is 5.69 Å². The Balaban J connectivity index is 1.95. The zero-order valence-corrected chi connectivity index (χ0v) is 11.5. The van der Waals surface area contributed by atoms with Crippen LogP contribution < -0.4 is 0 Å². The summed E-state index contributed by atoms with van der Waals surface area (Å²) in [6, 6.07) is 16.4. The molecule has 0 N–H and O–H groups in total. The van der Waals surface area contributed by atoms with Crippen molar-refractivity contribution in [1.29, 1.82) is 0 Å². The molecule has 0 amide bonds. The molecule has 5 heteroatoms. The van der Waals surface area contributed by atoms with Crippen molar-refractivity contribution < 1.29 is 9.76 Å². The molecule has 2 aromatic rings. The van der Waals surface area contributed by atoms with Gasteiger partial charge in [-0.15, -0.1) is 0 Å². The van der Waals surface area contributed by atoms with E-state index in [1.807, 2.05) is 37.3 Å². The molecule has 106 valence electrons. The smallest absolute Gasteiger partial charge is 0.269 e. The fourth-order valence-corrected chi connectivity index (χ4v) is 2.56. The van der Waals surface area contributed by atoms with Crippen molar-refractivity contribution >= 4 is 11.4 Å². The van der Waals surface area contributed by atoms with E-state index in [0.717, 1.165) is 16.8 Å². The minimum absolute atomic E-state index is 0.0349. The molecular weight excluding hydrogens is 268 g/mol. The van der Waals surface area contributed by atoms with Gasteiger partial charge in [0.1, 0.15) is 6.10 Å². The lowest BCUT2D eigenvalue weighted by atomic mass is 9.87. The van der Waals surface area contributed by atoms with E-state index >= 15 is 0 Å². The molecule has 5 nitrogen and oxygen atoms in total. The SMILES string of the molecule is C[C@H]1ON=C(c2ccc([N+](=O)[O-])cc2)[C@@H]1c1ccccc1. The van der Waals surface area contributed by atoms with Gasteiger partial charge < -0.3 is 4.84 Å². The van der Waals surface area contributed by atoms with E-state index in [9.17, 15) is 10.1 Å². The molecule has 1 heterocycles. The lowest BCUT2D eigenvalue weighted by Crippen LogP contribution is -2.19. The first-order chi connectivity index (χ1) is 10.2. The Hall–Kier alpha value is -2.69. The number of benzene rings is 2. The standard InChI is InChI=1S/C16H14N2O3/c1-11-15(12-5-3-2-4-6-12)16(17-21-11)13-7-9-14(10-8-13)18(19)20/h2-11,15H,1H3/t11-,15+/m1/s1. The van der Waals surface area contributed by atoms with Gasteiger partial charge in [0, 0.05) is 17.7 Å². The summed E-state index contributed by atoms with van der Waals surface area (Å²) in [5.41, 5.74) is 2.85. The number of rotatable bonds is 3. The molecule has 3 rings (SSSR count). The summed E-state index contributed by atoms with van der Waals surface area (Å²) < 4.78 is 0. The predicted molar refractivity (Wildman–Crippen MR) is 79.4 cm³/mol. The largest absolute Gasteiger partial charge is 0.391 e. The van der Waals surface area contributed by atoms with E-state index in [0.29, 0.717) is 0 Å². The summed E-state index contributed by atoms with van der Waals surface area (Å²) in [7, 11) is 0. The third-order valence-corrected chi connectivity index (χ3v) is 3.61. The Morgan fingerprint density at radius 2 is 1.76 bits per heavy atom. The van der Waals surface area contributed by atoms with Gasteiger partial charge in [-0.2, -0.15) is 0 Å². The molecule has 0 radical (unpaired) electrons. The Kier molecular flexibility index (Phi) is 3.39. The van der Waals surface area contributed by atoms with Crippen LogP contribution in [0.2, 0.25) is 0 Å². The zero-order valence-electron chi connectivity index (χ0n) is 11.5. The van der Waals surface area contributed by atoms with Crippen molar-refractivity contribution in [3.05, 3.63) is 75.8 Å². The van der Waals surface area contributed by atoms with Crippen LogP contribution in [0, 0.1) is 10.1 Å². The number of nitrogens with zero attached hydrogens (tertiary/aromatic N) is 2. The molecule has 2 atom stereocenters. The normalized spacial score (nSPS) is 20.7. The molecule has 0 aromatic heterocycles. The van der Waals surface area contributed by atoms with E-state index < -0.39 is 4.92 Å². The highest BCUT2D eigenvalue weighted by molar-refractivity contribution is 6.06. The number of non-ortho nitro benzene ring substituents is 1. The van der Waals surface area contributed by atoms with Gasteiger partial charge in [0.05, 0.1) is 16.6 Å². The van der Waals surface area contributed by atoms with Gasteiger partial charge in [-0.25, -0.2) is 0 Å². The first-order valence-electron chi connectivity index (χ1n) is 6.70. The van der Waals surface area contributed by atoms with Crippen LogP contribution in [-0.4, -0.2) is 16.7 Å². The summed E-state index contributed by atoms with van der Waals surface area (Å²) in [5.74, 6) is 0.0349. The first kappa shape index (κ1) is 13.3. The maximum absolute atomic E-state index is 10.7. The molecule has 1 aliphatic rings. The minimum atomic E-state index is -0.409. The highest BCUT2D eigenvalue weighted by Gasteiger charge is 2.33. The van der Waals surface area contributed by atoms with Crippen molar-refractivity contribution in [3.63, 3.8) is 0 Å². The molecule has 1 aliphatic heterocycles. The van der Waals surface area contributed by atoms with E-state index in [2.05, 4.69) is 5.16 Å². The van der Waals surface area contributed by atoms with Crippen LogP contribution in [0.15, 0.2) is 59.8 Å². The fraction of sp³-hybridized carbons (Fsp3) is 0.188. The van der Waals surface area contributed by atoms with E-state index in [4.69, 9.17) is 4.84 Å². The second kappa shape index (κ2) is 5.36. The number of nitro groups is 1. The van der Waals surface area contributed by atoms with Crippen molar-refractivity contribution in [1.82, 2.24) is 0 Å². The topological polar surface area (TPSA) is 64.7 Å². The van der Waals surface area contributed by atoms with Crippen molar-refractivity contribution in [2.45, 2.75) is 18.9 Å². The second-order valence-corrected chi connectivity index (χ2v) is 4.98. The first-order valence-corrected chi connectivity index (χ1v) is 6.70. The van der Waals surface area contributed by atoms with Crippen LogP contribution in [0.4, 0.5) is 5.69 Å². The third kappa shape index (κ3) is 2.50. The van der Waals surface area contributed by atoms with Crippen LogP contribution in [-0.2, 0) is 4.84 Å². The Morgan fingerprint density at radius 3 is 2.38 bits per heavy atom. The highest BCUT2D eigenvalue weighted by Crippen LogP contribution is 2.32. The fourth-order valence-electron chi connectivity index (χ4n) is 2.56. The van der Waals surface area contributed by atoms with Gasteiger partial charge in [-0.1, -0.05) is 35.5 Å². The molecule has 0 unspecified atom stereocenters. The Bertz CT molecular complexity index is 680. The molecule has 0 fully saturated rings. The minimum Gasteiger partial charge on any atom is -0.391 e. The molecule has 21 heavy (non-hydrogen) atoms. The lowest BCUT2D eigenvalue weighted by Gasteiger charge is -2.15. The Labute approximate surface area is 122 Å². The monoisotopic (exact) mass is 282 g/mol. The van der Waals surface area contributed by atoms with Crippen LogP contribution in [0.1, 0.15) is 24.0 Å². The number of oxime groups is 1. The average Bonchev–Trinajstić information content (AvgIpc) is 2.90. The zero-order chi connectivity index (χ0) is 14.8. The maximum Gasteiger partial charge on any atom is 0.269 e. The summed E-state index contributed by atoms with van der Waals surface area (Å²) >= 11 is 0. The molecule has 0 bridgehead atoms. The molecule has 0 saturated carbocycles. The number of nitro benzene ring substituents is 1. The van der Waals surface area contributed by atoms with E-state index in [1.165, 1.54) is 12.1 Å². The summed E-state index contributed by atoms with van der Waals surface area (Å²) in [4.78, 5) is 15.7. The van der Waals surface area contributed by atoms with Gasteiger partial charge in [0.15, 0.2) is 0 Å². The average molecular weight is 282 g/mol. The van der Waals surface area contributed by atoms with Crippen molar-refractivity contribution in [2.24, 2.45) is 5.16 Å². The van der Waals surface area contributed by atoms with Crippen LogP contribution >= 0.6 is 0 Å². The quantitative estimate of drug-likeness (QED) is 0.639. The molecule has 0 saturated heterocycles. The van der Waals surface area contributed by atoms with Crippen LogP contribution in [0.3, 0.4) is 0 Å². The number of hydrogen-bond donors (Lipinski definition) is 0. The van der Waals surface area contributed by atoms with Crippen LogP contribution in [0.25, 0.3) is 0 Å². The van der Waals surface area contributed by atoms with Gasteiger partial charge in [-0.3, -0.25) is 10.1 Å². The lowest BCUT2D eigenvalue weighted by molar-refractivity contribution is -0.384. The van der Waals surface area contributed by atoms with E-state index in [-0.39, 0.29) is 17.7 Å². The van der Waals surface area contributed by atoms with Gasteiger partial charge in [-0.05, 0) is 24.6 Å². The summed E-state index contributed by atoms with van der Waals surface area (Å²) in [6.45, 7) is 1.97. The number of hydrogen-bond acceptors (Lipinski definition) is 4. The van der Waals surface area contributed by atoms with E-state index in [1.54, 1.807) is 12.1 Å². The Morgan fingerprint density at radius 1 is 1.10 bits per heavy atom. The summed E-state index contributed by atoms with van der Waals surface area (Å²) in [5, 5.41) is 14.9. The molecule has 0 aliphatic carbocycles. The summed E-state index contributed by atoms with van der Waals surface area (Å²) in [6.07, 6.45) is -0.0578. The highest BCUT2D eigenvalue weighted by atomic mass is 16.6. The predicted octanol–water partition coefficient (Wildman–Crippen LogP) is 3.50. The van der Waals surface area contributed by atoms with Gasteiger partial charge >= 0.3 is 0 Å². The van der Waals surface area contributed by atoms with Crippen molar-refractivity contribution in [3.8, 4) is 0 Å². The maximum atomic E-state index is 10.7. The molecule has 2 aromatic carbocycles. The second-order valence-electron chi connectivity index (χ2n) is 4.98.